The molecule has 0 saturated carbocycles. The average Bonchev–Trinajstić information content (AvgIpc) is 2.25. The zero-order valence-corrected chi connectivity index (χ0v) is 11.3. The Morgan fingerprint density at radius 3 is 2.18 bits per heavy atom. The molecule has 0 heterocycles. The maximum atomic E-state index is 11.9. The second kappa shape index (κ2) is 5.46. The molecule has 0 unspecified atom stereocenters. The molecule has 0 aromatic heterocycles. The van der Waals surface area contributed by atoms with Crippen molar-refractivity contribution in [2.75, 3.05) is 0 Å². The molecule has 2 N–H and O–H groups in total. The van der Waals surface area contributed by atoms with Gasteiger partial charge in [0.15, 0.2) is 5.78 Å². The molecule has 0 fully saturated rings. The fraction of sp³-hybridized carbons (Fsp3) is 0.533. The summed E-state index contributed by atoms with van der Waals surface area (Å²) in [4.78, 5) is 11.9. The Hall–Kier alpha value is -1.15. The molecular weight excluding hydrogens is 210 g/mol. The zero-order valence-electron chi connectivity index (χ0n) is 11.3. The van der Waals surface area contributed by atoms with Gasteiger partial charge in [-0.3, -0.25) is 4.79 Å². The van der Waals surface area contributed by atoms with Crippen LogP contribution in [0.5, 0.6) is 0 Å². The normalized spacial score (nSPS) is 11.9. The summed E-state index contributed by atoms with van der Waals surface area (Å²) in [5.74, 6) is 0.681. The van der Waals surface area contributed by atoms with Crippen molar-refractivity contribution in [2.24, 2.45) is 5.73 Å². The third-order valence-corrected chi connectivity index (χ3v) is 2.90. The molecule has 0 atom stereocenters. The minimum Gasteiger partial charge on any atom is -0.326 e. The van der Waals surface area contributed by atoms with Gasteiger partial charge < -0.3 is 5.73 Å². The van der Waals surface area contributed by atoms with Gasteiger partial charge in [-0.25, -0.2) is 0 Å². The SMILES string of the molecule is CC(C)c1ccc(C(=O)CCC(C)(C)N)cc1. The Kier molecular flexibility index (Phi) is 4.47. The van der Waals surface area contributed by atoms with Gasteiger partial charge in [0.25, 0.3) is 0 Å². The third kappa shape index (κ3) is 4.70. The van der Waals surface area contributed by atoms with Crippen LogP contribution in [0.4, 0.5) is 0 Å². The first-order valence-electron chi connectivity index (χ1n) is 6.21. The van der Waals surface area contributed by atoms with Gasteiger partial charge in [-0.2, -0.15) is 0 Å². The fourth-order valence-corrected chi connectivity index (χ4v) is 1.63. The van der Waals surface area contributed by atoms with Crippen LogP contribution in [0, 0.1) is 0 Å². The average molecular weight is 233 g/mol. The first-order valence-corrected chi connectivity index (χ1v) is 6.21. The third-order valence-electron chi connectivity index (χ3n) is 2.90. The van der Waals surface area contributed by atoms with Crippen LogP contribution in [0.3, 0.4) is 0 Å². The first kappa shape index (κ1) is 13.9. The lowest BCUT2D eigenvalue weighted by Crippen LogP contribution is -2.32. The van der Waals surface area contributed by atoms with Crippen LogP contribution in [-0.4, -0.2) is 11.3 Å². The summed E-state index contributed by atoms with van der Waals surface area (Å²) < 4.78 is 0. The molecule has 0 radical (unpaired) electrons. The van der Waals surface area contributed by atoms with Gasteiger partial charge in [0.05, 0.1) is 0 Å². The van der Waals surface area contributed by atoms with Crippen molar-refractivity contribution in [1.82, 2.24) is 0 Å². The summed E-state index contributed by atoms with van der Waals surface area (Å²) >= 11 is 0. The molecule has 0 saturated heterocycles. The minimum absolute atomic E-state index is 0.179. The standard InChI is InChI=1S/C15H23NO/c1-11(2)12-5-7-13(8-6-12)14(17)9-10-15(3,4)16/h5-8,11H,9-10,16H2,1-4H3. The first-order chi connectivity index (χ1) is 7.79. The van der Waals surface area contributed by atoms with E-state index in [4.69, 9.17) is 5.73 Å². The molecule has 17 heavy (non-hydrogen) atoms. The van der Waals surface area contributed by atoms with Crippen molar-refractivity contribution >= 4 is 5.78 Å². The number of rotatable bonds is 5. The van der Waals surface area contributed by atoms with Crippen LogP contribution in [0.15, 0.2) is 24.3 Å². The highest BCUT2D eigenvalue weighted by molar-refractivity contribution is 5.96. The highest BCUT2D eigenvalue weighted by Gasteiger charge is 2.14. The molecule has 1 rings (SSSR count). The van der Waals surface area contributed by atoms with Gasteiger partial charge in [-0.05, 0) is 31.7 Å². The minimum atomic E-state index is -0.270. The number of carbonyl (C=O) groups is 1. The van der Waals surface area contributed by atoms with Crippen molar-refractivity contribution in [3.05, 3.63) is 35.4 Å². The number of ketones is 1. The van der Waals surface area contributed by atoms with E-state index in [1.807, 2.05) is 38.1 Å². The van der Waals surface area contributed by atoms with Crippen LogP contribution >= 0.6 is 0 Å². The lowest BCUT2D eigenvalue weighted by molar-refractivity contribution is 0.0972. The van der Waals surface area contributed by atoms with Gasteiger partial charge in [-0.1, -0.05) is 38.1 Å². The molecule has 0 amide bonds. The molecule has 2 nitrogen and oxygen atoms in total. The topological polar surface area (TPSA) is 43.1 Å². The second-order valence-electron chi connectivity index (χ2n) is 5.69. The van der Waals surface area contributed by atoms with E-state index in [9.17, 15) is 4.79 Å². The van der Waals surface area contributed by atoms with E-state index >= 15 is 0 Å². The van der Waals surface area contributed by atoms with Gasteiger partial charge in [0.2, 0.25) is 0 Å². The van der Waals surface area contributed by atoms with Crippen LogP contribution in [-0.2, 0) is 0 Å². The summed E-state index contributed by atoms with van der Waals surface area (Å²) in [6, 6.07) is 7.90. The van der Waals surface area contributed by atoms with Crippen molar-refractivity contribution in [3.63, 3.8) is 0 Å². The molecule has 1 aromatic carbocycles. The monoisotopic (exact) mass is 233 g/mol. The number of hydrogen-bond acceptors (Lipinski definition) is 2. The number of benzene rings is 1. The molecule has 94 valence electrons. The van der Waals surface area contributed by atoms with E-state index in [-0.39, 0.29) is 11.3 Å². The van der Waals surface area contributed by atoms with Crippen LogP contribution < -0.4 is 5.73 Å². The molecule has 2 heteroatoms. The second-order valence-corrected chi connectivity index (χ2v) is 5.69. The quantitative estimate of drug-likeness (QED) is 0.791. The van der Waals surface area contributed by atoms with E-state index in [0.717, 1.165) is 12.0 Å². The largest absolute Gasteiger partial charge is 0.326 e. The Balaban J connectivity index is 2.64. The molecule has 0 aliphatic rings. The zero-order chi connectivity index (χ0) is 13.1. The smallest absolute Gasteiger partial charge is 0.162 e. The highest BCUT2D eigenvalue weighted by atomic mass is 16.1. The number of Topliss-reactive ketones (excluding diaryl/α,β-unsaturated/α-hetero) is 1. The molecule has 0 spiro atoms. The number of hydrogen-bond donors (Lipinski definition) is 1. The number of carbonyl (C=O) groups excluding carboxylic acids is 1. The molecule has 0 bridgehead atoms. The summed E-state index contributed by atoms with van der Waals surface area (Å²) in [6.45, 7) is 8.19. The van der Waals surface area contributed by atoms with Gasteiger partial charge >= 0.3 is 0 Å². The Labute approximate surface area is 104 Å². The summed E-state index contributed by atoms with van der Waals surface area (Å²) in [5, 5.41) is 0. The maximum absolute atomic E-state index is 11.9. The van der Waals surface area contributed by atoms with E-state index in [0.29, 0.717) is 12.3 Å². The predicted molar refractivity (Wildman–Crippen MR) is 72.4 cm³/mol. The lowest BCUT2D eigenvalue weighted by atomic mass is 9.95. The molecule has 1 aromatic rings. The maximum Gasteiger partial charge on any atom is 0.162 e. The van der Waals surface area contributed by atoms with Gasteiger partial charge in [0, 0.05) is 17.5 Å². The van der Waals surface area contributed by atoms with Crippen molar-refractivity contribution < 1.29 is 4.79 Å². The lowest BCUT2D eigenvalue weighted by Gasteiger charge is -2.17. The Bertz CT molecular complexity index is 371. The van der Waals surface area contributed by atoms with Crippen LogP contribution in [0.1, 0.15) is 62.4 Å². The van der Waals surface area contributed by atoms with Crippen LogP contribution in [0.2, 0.25) is 0 Å². The van der Waals surface area contributed by atoms with Crippen molar-refractivity contribution in [3.8, 4) is 0 Å². The summed E-state index contributed by atoms with van der Waals surface area (Å²) in [6.07, 6.45) is 1.24. The van der Waals surface area contributed by atoms with Crippen molar-refractivity contribution in [1.29, 1.82) is 0 Å². The van der Waals surface area contributed by atoms with Crippen molar-refractivity contribution in [2.45, 2.75) is 52.0 Å². The fourth-order valence-electron chi connectivity index (χ4n) is 1.63. The van der Waals surface area contributed by atoms with E-state index in [1.165, 1.54) is 5.56 Å². The Morgan fingerprint density at radius 1 is 1.24 bits per heavy atom. The highest BCUT2D eigenvalue weighted by Crippen LogP contribution is 2.17. The van der Waals surface area contributed by atoms with Gasteiger partial charge in [-0.15, -0.1) is 0 Å². The number of nitrogens with two attached hydrogens (primary N) is 1. The van der Waals surface area contributed by atoms with Crippen LogP contribution in [0.25, 0.3) is 0 Å². The van der Waals surface area contributed by atoms with E-state index < -0.39 is 0 Å². The Morgan fingerprint density at radius 2 is 1.76 bits per heavy atom. The molecular formula is C15H23NO. The summed E-state index contributed by atoms with van der Waals surface area (Å²) in [5.41, 5.74) is 7.66. The van der Waals surface area contributed by atoms with Gasteiger partial charge in [0.1, 0.15) is 0 Å². The molecule has 0 aliphatic heterocycles. The molecule has 0 aliphatic carbocycles. The predicted octanol–water partition coefficient (Wildman–Crippen LogP) is 3.51. The van der Waals surface area contributed by atoms with E-state index in [1.54, 1.807) is 0 Å². The summed E-state index contributed by atoms with van der Waals surface area (Å²) in [7, 11) is 0. The van der Waals surface area contributed by atoms with E-state index in [2.05, 4.69) is 13.8 Å².